The van der Waals surface area contributed by atoms with Crippen molar-refractivity contribution in [3.05, 3.63) is 72.7 Å². The molecule has 0 unspecified atom stereocenters. The lowest BCUT2D eigenvalue weighted by Crippen LogP contribution is -2.39. The Hall–Kier alpha value is -2.77. The highest BCUT2D eigenvalue weighted by Crippen LogP contribution is 2.30. The summed E-state index contributed by atoms with van der Waals surface area (Å²) in [6, 6.07) is 18.9. The smallest absolute Gasteiger partial charge is 0.243 e. The molecular formula is C21H20N4O2S. The van der Waals surface area contributed by atoms with Gasteiger partial charge in [0, 0.05) is 25.2 Å². The van der Waals surface area contributed by atoms with Gasteiger partial charge in [0.25, 0.3) is 0 Å². The van der Waals surface area contributed by atoms with Crippen LogP contribution >= 0.6 is 0 Å². The number of piperidine rings is 1. The fourth-order valence-electron chi connectivity index (χ4n) is 3.99. The van der Waals surface area contributed by atoms with Crippen molar-refractivity contribution in [2.75, 3.05) is 13.1 Å². The maximum atomic E-state index is 13.3. The molecule has 4 aromatic rings. The molecule has 6 nitrogen and oxygen atoms in total. The van der Waals surface area contributed by atoms with Gasteiger partial charge >= 0.3 is 0 Å². The van der Waals surface area contributed by atoms with E-state index in [1.807, 2.05) is 59.1 Å². The first kappa shape index (κ1) is 17.3. The largest absolute Gasteiger partial charge is 0.286 e. The Morgan fingerprint density at radius 1 is 0.929 bits per heavy atom. The van der Waals surface area contributed by atoms with Gasteiger partial charge in [-0.15, -0.1) is 10.2 Å². The minimum Gasteiger partial charge on any atom is -0.286 e. The number of rotatable bonds is 3. The van der Waals surface area contributed by atoms with E-state index in [2.05, 4.69) is 10.2 Å². The summed E-state index contributed by atoms with van der Waals surface area (Å²) in [6.07, 6.45) is 3.64. The van der Waals surface area contributed by atoms with Gasteiger partial charge in [0.15, 0.2) is 5.65 Å². The van der Waals surface area contributed by atoms with Crippen LogP contribution in [0.1, 0.15) is 24.6 Å². The Bertz CT molecular complexity index is 1270. The van der Waals surface area contributed by atoms with Gasteiger partial charge in [-0.3, -0.25) is 4.40 Å². The SMILES string of the molecule is O=S(=O)(c1ccc2ccccc2c1)N1CCC[C@@H](c2nnc3ccccn23)C1. The zero-order valence-corrected chi connectivity index (χ0v) is 16.1. The van der Waals surface area contributed by atoms with Crippen molar-refractivity contribution in [1.82, 2.24) is 18.9 Å². The zero-order chi connectivity index (χ0) is 19.1. The first-order chi connectivity index (χ1) is 13.6. The lowest BCUT2D eigenvalue weighted by atomic mass is 9.99. The van der Waals surface area contributed by atoms with Crippen LogP contribution in [0.25, 0.3) is 16.4 Å². The Kier molecular flexibility index (Phi) is 4.14. The molecule has 3 heterocycles. The molecule has 0 bridgehead atoms. The Morgan fingerprint density at radius 2 is 1.75 bits per heavy atom. The van der Waals surface area contributed by atoms with Crippen molar-refractivity contribution < 1.29 is 8.42 Å². The van der Waals surface area contributed by atoms with Crippen molar-refractivity contribution in [3.63, 3.8) is 0 Å². The molecule has 1 saturated heterocycles. The third-order valence-corrected chi connectivity index (χ3v) is 7.31. The zero-order valence-electron chi connectivity index (χ0n) is 15.3. The topological polar surface area (TPSA) is 67.6 Å². The van der Waals surface area contributed by atoms with E-state index >= 15 is 0 Å². The third-order valence-electron chi connectivity index (χ3n) is 5.45. The summed E-state index contributed by atoms with van der Waals surface area (Å²) in [5.74, 6) is 0.857. The quantitative estimate of drug-likeness (QED) is 0.536. The molecule has 0 spiro atoms. The molecule has 142 valence electrons. The van der Waals surface area contributed by atoms with Crippen LogP contribution in [0.15, 0.2) is 71.8 Å². The van der Waals surface area contributed by atoms with Gasteiger partial charge < -0.3 is 0 Å². The van der Waals surface area contributed by atoms with Crippen LogP contribution in [0.2, 0.25) is 0 Å². The van der Waals surface area contributed by atoms with E-state index in [0.29, 0.717) is 18.0 Å². The number of hydrogen-bond donors (Lipinski definition) is 0. The Balaban J connectivity index is 1.48. The molecule has 5 rings (SSSR count). The fourth-order valence-corrected chi connectivity index (χ4v) is 5.55. The normalized spacial score (nSPS) is 18.6. The molecule has 0 amide bonds. The summed E-state index contributed by atoms with van der Waals surface area (Å²) < 4.78 is 30.1. The third kappa shape index (κ3) is 2.87. The molecule has 7 heteroatoms. The van der Waals surface area contributed by atoms with Crippen molar-refractivity contribution in [2.24, 2.45) is 0 Å². The van der Waals surface area contributed by atoms with E-state index in [4.69, 9.17) is 0 Å². The molecule has 1 atom stereocenters. The molecule has 0 aliphatic carbocycles. The van der Waals surface area contributed by atoms with Gasteiger partial charge in [-0.2, -0.15) is 4.31 Å². The molecule has 28 heavy (non-hydrogen) atoms. The van der Waals surface area contributed by atoms with Crippen molar-refractivity contribution in [1.29, 1.82) is 0 Å². The molecule has 0 radical (unpaired) electrons. The second-order valence-corrected chi connectivity index (χ2v) is 9.14. The lowest BCUT2D eigenvalue weighted by Gasteiger charge is -2.31. The van der Waals surface area contributed by atoms with Crippen LogP contribution in [-0.4, -0.2) is 40.4 Å². The molecule has 0 saturated carbocycles. The van der Waals surface area contributed by atoms with Gasteiger partial charge in [-0.05, 0) is 47.9 Å². The van der Waals surface area contributed by atoms with Gasteiger partial charge in [0.2, 0.25) is 10.0 Å². The Labute approximate surface area is 163 Å². The fraction of sp³-hybridized carbons (Fsp3) is 0.238. The van der Waals surface area contributed by atoms with Crippen molar-refractivity contribution >= 4 is 26.4 Å². The highest BCUT2D eigenvalue weighted by Gasteiger charge is 2.32. The van der Waals surface area contributed by atoms with E-state index in [9.17, 15) is 8.42 Å². The summed E-state index contributed by atoms with van der Waals surface area (Å²) in [5, 5.41) is 10.5. The number of aromatic nitrogens is 3. The van der Waals surface area contributed by atoms with Crippen LogP contribution < -0.4 is 0 Å². The second kappa shape index (κ2) is 6.68. The van der Waals surface area contributed by atoms with Crippen LogP contribution in [0.3, 0.4) is 0 Å². The van der Waals surface area contributed by atoms with E-state index in [-0.39, 0.29) is 5.92 Å². The first-order valence-corrected chi connectivity index (χ1v) is 10.9. The van der Waals surface area contributed by atoms with Gasteiger partial charge in [0.05, 0.1) is 4.90 Å². The lowest BCUT2D eigenvalue weighted by molar-refractivity contribution is 0.308. The monoisotopic (exact) mass is 392 g/mol. The van der Waals surface area contributed by atoms with E-state index in [0.717, 1.165) is 35.1 Å². The van der Waals surface area contributed by atoms with Crippen LogP contribution in [0.5, 0.6) is 0 Å². The van der Waals surface area contributed by atoms with E-state index in [1.54, 1.807) is 16.4 Å². The summed E-state index contributed by atoms with van der Waals surface area (Å²) in [5.41, 5.74) is 0.784. The summed E-state index contributed by atoms with van der Waals surface area (Å²) in [7, 11) is -3.55. The van der Waals surface area contributed by atoms with Crippen LogP contribution in [-0.2, 0) is 10.0 Å². The van der Waals surface area contributed by atoms with Gasteiger partial charge in [-0.25, -0.2) is 8.42 Å². The molecule has 0 N–H and O–H groups in total. The average molecular weight is 392 g/mol. The van der Waals surface area contributed by atoms with Crippen molar-refractivity contribution in [3.8, 4) is 0 Å². The number of pyridine rings is 1. The van der Waals surface area contributed by atoms with E-state index < -0.39 is 10.0 Å². The predicted octanol–water partition coefficient (Wildman–Crippen LogP) is 3.45. The highest BCUT2D eigenvalue weighted by molar-refractivity contribution is 7.89. The average Bonchev–Trinajstić information content (AvgIpc) is 3.18. The Morgan fingerprint density at radius 3 is 2.64 bits per heavy atom. The van der Waals surface area contributed by atoms with Gasteiger partial charge in [-0.1, -0.05) is 36.4 Å². The maximum Gasteiger partial charge on any atom is 0.243 e. The minimum absolute atomic E-state index is 0.0291. The minimum atomic E-state index is -3.55. The summed E-state index contributed by atoms with van der Waals surface area (Å²) >= 11 is 0. The number of benzene rings is 2. The number of nitrogens with zero attached hydrogens (tertiary/aromatic N) is 4. The predicted molar refractivity (Wildman–Crippen MR) is 108 cm³/mol. The molecule has 1 aliphatic heterocycles. The summed E-state index contributed by atoms with van der Waals surface area (Å²) in [6.45, 7) is 0.952. The second-order valence-electron chi connectivity index (χ2n) is 7.20. The summed E-state index contributed by atoms with van der Waals surface area (Å²) in [4.78, 5) is 0.345. The number of sulfonamides is 1. The van der Waals surface area contributed by atoms with E-state index in [1.165, 1.54) is 0 Å². The van der Waals surface area contributed by atoms with Gasteiger partial charge in [0.1, 0.15) is 5.82 Å². The standard InChI is InChI=1S/C21H20N4O2S/c26-28(27,19-11-10-16-6-1-2-7-17(16)14-19)24-12-5-8-18(15-24)21-23-22-20-9-3-4-13-25(20)21/h1-4,6-7,9-11,13-14,18H,5,8,12,15H2/t18-/m1/s1. The molecule has 1 fully saturated rings. The maximum absolute atomic E-state index is 13.3. The van der Waals surface area contributed by atoms with Crippen LogP contribution in [0, 0.1) is 0 Å². The number of hydrogen-bond acceptors (Lipinski definition) is 4. The molecule has 2 aromatic heterocycles. The number of fused-ring (bicyclic) bond motifs is 2. The first-order valence-electron chi connectivity index (χ1n) is 9.41. The molecule has 1 aliphatic rings. The molecular weight excluding hydrogens is 372 g/mol. The highest BCUT2D eigenvalue weighted by atomic mass is 32.2. The van der Waals surface area contributed by atoms with Crippen LogP contribution in [0.4, 0.5) is 0 Å². The molecule has 2 aromatic carbocycles. The van der Waals surface area contributed by atoms with Crippen molar-refractivity contribution in [2.45, 2.75) is 23.7 Å².